The van der Waals surface area contributed by atoms with Gasteiger partial charge in [0.15, 0.2) is 0 Å². The summed E-state index contributed by atoms with van der Waals surface area (Å²) in [7, 11) is 0. The molecule has 3 nitrogen and oxygen atoms in total. The second kappa shape index (κ2) is 5.23. The first-order valence-electron chi connectivity index (χ1n) is 8.59. The molecule has 0 radical (unpaired) electrons. The third kappa shape index (κ3) is 2.29. The van der Waals surface area contributed by atoms with E-state index >= 15 is 0 Å². The second-order valence-corrected chi connectivity index (χ2v) is 8.03. The van der Waals surface area contributed by atoms with Gasteiger partial charge in [-0.2, -0.15) is 0 Å². The van der Waals surface area contributed by atoms with Crippen molar-refractivity contribution >= 4 is 21.8 Å². The normalized spacial score (nSPS) is 12.4. The van der Waals surface area contributed by atoms with E-state index in [1.165, 1.54) is 27.6 Å². The maximum absolute atomic E-state index is 4.95. The molecule has 0 bridgehead atoms. The molecule has 0 aliphatic carbocycles. The molecule has 2 aromatic heterocycles. The Morgan fingerprint density at radius 2 is 1.12 bits per heavy atom. The fourth-order valence-electron chi connectivity index (χ4n) is 3.41. The lowest BCUT2D eigenvalue weighted by Gasteiger charge is -2.21. The van der Waals surface area contributed by atoms with Gasteiger partial charge in [-0.25, -0.2) is 9.97 Å². The van der Waals surface area contributed by atoms with Crippen molar-refractivity contribution in [2.75, 3.05) is 0 Å². The zero-order valence-corrected chi connectivity index (χ0v) is 16.3. The van der Waals surface area contributed by atoms with E-state index in [-0.39, 0.29) is 5.41 Å². The molecular weight excluding hydrogens is 294 g/mol. The van der Waals surface area contributed by atoms with Crippen LogP contribution in [0.2, 0.25) is 0 Å². The number of rotatable bonds is 0. The van der Waals surface area contributed by atoms with E-state index in [4.69, 9.17) is 15.0 Å². The summed E-state index contributed by atoms with van der Waals surface area (Å²) in [5.74, 6) is 0.898. The first kappa shape index (κ1) is 16.8. The fourth-order valence-corrected chi connectivity index (χ4v) is 3.41. The smallest absolute Gasteiger partial charge is 0.134 e. The predicted molar refractivity (Wildman–Crippen MR) is 102 cm³/mol. The van der Waals surface area contributed by atoms with Crippen LogP contribution in [0.3, 0.4) is 0 Å². The summed E-state index contributed by atoms with van der Waals surface area (Å²) in [5, 5.41) is 2.37. The van der Waals surface area contributed by atoms with Gasteiger partial charge in [0, 0.05) is 21.9 Å². The Balaban J connectivity index is 2.62. The second-order valence-electron chi connectivity index (χ2n) is 8.03. The molecule has 0 saturated heterocycles. The van der Waals surface area contributed by atoms with Gasteiger partial charge in [0.25, 0.3) is 0 Å². The summed E-state index contributed by atoms with van der Waals surface area (Å²) in [4.78, 5) is 14.7. The number of hydrogen-bond donors (Lipinski definition) is 0. The first-order valence-corrected chi connectivity index (χ1v) is 8.59. The number of hydrogen-bond acceptors (Lipinski definition) is 3. The Kier molecular flexibility index (Phi) is 3.67. The van der Waals surface area contributed by atoms with Crippen LogP contribution in [0.1, 0.15) is 60.2 Å². The number of aryl methyl sites for hydroxylation is 5. The van der Waals surface area contributed by atoms with Gasteiger partial charge in [-0.3, -0.25) is 4.98 Å². The summed E-state index contributed by atoms with van der Waals surface area (Å²) in [6, 6.07) is 0. The van der Waals surface area contributed by atoms with Crippen LogP contribution in [0.25, 0.3) is 21.8 Å². The summed E-state index contributed by atoms with van der Waals surface area (Å²) < 4.78 is 0. The van der Waals surface area contributed by atoms with E-state index in [9.17, 15) is 0 Å². The standard InChI is InChI=1S/C21H27N3/c1-10-11(2)16-12(3)13(4)18-17(19(16)22-14(10)5)15(6)23-20(24-18)21(7,8)9/h1-9H3. The summed E-state index contributed by atoms with van der Waals surface area (Å²) in [5.41, 5.74) is 9.25. The highest BCUT2D eigenvalue weighted by Crippen LogP contribution is 2.36. The third-order valence-corrected chi connectivity index (χ3v) is 5.29. The van der Waals surface area contributed by atoms with Crippen LogP contribution in [0.15, 0.2) is 0 Å². The van der Waals surface area contributed by atoms with E-state index in [0.29, 0.717) is 0 Å². The van der Waals surface area contributed by atoms with Gasteiger partial charge in [-0.05, 0) is 63.8 Å². The molecule has 3 heteroatoms. The number of nitrogens with zero attached hydrogens (tertiary/aromatic N) is 3. The van der Waals surface area contributed by atoms with Crippen LogP contribution >= 0.6 is 0 Å². The Bertz CT molecular complexity index is 992. The average molecular weight is 321 g/mol. The topological polar surface area (TPSA) is 38.7 Å². The molecule has 2 heterocycles. The molecule has 0 N–H and O–H groups in total. The molecule has 0 saturated carbocycles. The van der Waals surface area contributed by atoms with Crippen molar-refractivity contribution < 1.29 is 0 Å². The van der Waals surface area contributed by atoms with E-state index in [0.717, 1.165) is 33.6 Å². The molecule has 0 aliphatic rings. The maximum atomic E-state index is 4.95. The minimum Gasteiger partial charge on any atom is -0.252 e. The average Bonchev–Trinajstić information content (AvgIpc) is 2.48. The zero-order chi connectivity index (χ0) is 18.0. The first-order chi connectivity index (χ1) is 11.0. The van der Waals surface area contributed by atoms with Crippen LogP contribution in [0.4, 0.5) is 0 Å². The molecule has 0 amide bonds. The largest absolute Gasteiger partial charge is 0.252 e. The number of benzene rings is 1. The lowest BCUT2D eigenvalue weighted by atomic mass is 9.91. The Morgan fingerprint density at radius 1 is 0.542 bits per heavy atom. The van der Waals surface area contributed by atoms with Crippen LogP contribution in [-0.2, 0) is 5.41 Å². The quantitative estimate of drug-likeness (QED) is 0.526. The van der Waals surface area contributed by atoms with Gasteiger partial charge >= 0.3 is 0 Å². The zero-order valence-electron chi connectivity index (χ0n) is 16.3. The SMILES string of the molecule is Cc1nc2c(c(C)c1C)c(C)c(C)c1nc(C(C)(C)C)nc(C)c12. The molecule has 0 atom stereocenters. The molecule has 0 unspecified atom stereocenters. The molecule has 126 valence electrons. The molecule has 0 spiro atoms. The number of aromatic nitrogens is 3. The minimum absolute atomic E-state index is 0.0687. The van der Waals surface area contributed by atoms with Crippen molar-refractivity contribution in [1.82, 2.24) is 15.0 Å². The van der Waals surface area contributed by atoms with Crippen molar-refractivity contribution in [2.24, 2.45) is 0 Å². The van der Waals surface area contributed by atoms with Crippen molar-refractivity contribution in [2.45, 2.75) is 67.7 Å². The van der Waals surface area contributed by atoms with E-state index in [1.54, 1.807) is 0 Å². The summed E-state index contributed by atoms with van der Waals surface area (Å²) >= 11 is 0. The van der Waals surface area contributed by atoms with Crippen LogP contribution in [-0.4, -0.2) is 15.0 Å². The minimum atomic E-state index is -0.0687. The van der Waals surface area contributed by atoms with Gasteiger partial charge in [-0.1, -0.05) is 20.8 Å². The third-order valence-electron chi connectivity index (χ3n) is 5.29. The lowest BCUT2D eigenvalue weighted by molar-refractivity contribution is 0.546. The number of pyridine rings is 1. The highest BCUT2D eigenvalue weighted by molar-refractivity contribution is 6.09. The maximum Gasteiger partial charge on any atom is 0.134 e. The Hall–Kier alpha value is -2.03. The Morgan fingerprint density at radius 3 is 1.71 bits per heavy atom. The van der Waals surface area contributed by atoms with Crippen molar-refractivity contribution in [3.63, 3.8) is 0 Å². The van der Waals surface area contributed by atoms with E-state index in [1.807, 2.05) is 0 Å². The lowest BCUT2D eigenvalue weighted by Crippen LogP contribution is -2.17. The number of fused-ring (bicyclic) bond motifs is 3. The van der Waals surface area contributed by atoms with Gasteiger partial charge in [0.05, 0.1) is 16.7 Å². The van der Waals surface area contributed by atoms with Crippen molar-refractivity contribution in [3.05, 3.63) is 39.5 Å². The molecule has 0 aliphatic heterocycles. The van der Waals surface area contributed by atoms with Crippen molar-refractivity contribution in [3.8, 4) is 0 Å². The van der Waals surface area contributed by atoms with Crippen LogP contribution in [0.5, 0.6) is 0 Å². The highest BCUT2D eigenvalue weighted by Gasteiger charge is 2.22. The van der Waals surface area contributed by atoms with Gasteiger partial charge < -0.3 is 0 Å². The molecular formula is C21H27N3. The monoisotopic (exact) mass is 321 g/mol. The van der Waals surface area contributed by atoms with E-state index in [2.05, 4.69) is 62.3 Å². The molecule has 0 fully saturated rings. The predicted octanol–water partition coefficient (Wildman–Crippen LogP) is 5.33. The van der Waals surface area contributed by atoms with Crippen LogP contribution in [0, 0.1) is 41.5 Å². The highest BCUT2D eigenvalue weighted by atomic mass is 14.9. The van der Waals surface area contributed by atoms with E-state index < -0.39 is 0 Å². The molecule has 3 rings (SSSR count). The summed E-state index contributed by atoms with van der Waals surface area (Å²) in [6.45, 7) is 19.4. The van der Waals surface area contributed by atoms with Gasteiger partial charge in [0.2, 0.25) is 0 Å². The molecule has 1 aromatic carbocycles. The van der Waals surface area contributed by atoms with Crippen LogP contribution < -0.4 is 0 Å². The van der Waals surface area contributed by atoms with Gasteiger partial charge in [-0.15, -0.1) is 0 Å². The fraction of sp³-hybridized carbons (Fsp3) is 0.476. The molecule has 24 heavy (non-hydrogen) atoms. The molecule has 3 aromatic rings. The van der Waals surface area contributed by atoms with Crippen molar-refractivity contribution in [1.29, 1.82) is 0 Å². The van der Waals surface area contributed by atoms with Gasteiger partial charge in [0.1, 0.15) is 5.82 Å². The Labute approximate surface area is 144 Å². The summed E-state index contributed by atoms with van der Waals surface area (Å²) in [6.07, 6.45) is 0.